The zero-order chi connectivity index (χ0) is 13.1. The van der Waals surface area contributed by atoms with Crippen LogP contribution in [-0.2, 0) is 0 Å². The second kappa shape index (κ2) is 5.39. The Labute approximate surface area is 105 Å². The first-order chi connectivity index (χ1) is 8.58. The molecule has 1 unspecified atom stereocenters. The molecule has 1 atom stereocenters. The topological polar surface area (TPSA) is 84.1 Å². The lowest BCUT2D eigenvalue weighted by atomic mass is 10.1. The monoisotopic (exact) mass is 252 g/mol. The van der Waals surface area contributed by atoms with Crippen LogP contribution in [0.1, 0.15) is 32.2 Å². The molecule has 1 fully saturated rings. The number of nitrogens with zero attached hydrogens (tertiary/aromatic N) is 2. The molecular weight excluding hydrogens is 232 g/mol. The molecule has 1 aromatic rings. The smallest absolute Gasteiger partial charge is 0.330 e. The van der Waals surface area contributed by atoms with Crippen molar-refractivity contribution in [3.63, 3.8) is 0 Å². The highest BCUT2D eigenvalue weighted by Crippen LogP contribution is 2.14. The molecule has 3 N–H and O–H groups in total. The summed E-state index contributed by atoms with van der Waals surface area (Å²) in [7, 11) is 0. The second-order valence-corrected chi connectivity index (χ2v) is 4.94. The number of nitrogen functional groups attached to an aromatic ring is 1. The lowest BCUT2D eigenvalue weighted by molar-refractivity contribution is 0.200. The molecule has 1 saturated heterocycles. The normalized spacial score (nSPS) is 18.7. The molecule has 0 aliphatic carbocycles. The largest absolute Gasteiger partial charge is 0.385 e. The first-order valence-corrected chi connectivity index (χ1v) is 6.41. The second-order valence-electron chi connectivity index (χ2n) is 4.94. The number of nitrogens with two attached hydrogens (primary N) is 1. The van der Waals surface area contributed by atoms with E-state index in [9.17, 15) is 9.59 Å². The molecule has 18 heavy (non-hydrogen) atoms. The number of nitrogens with one attached hydrogen (secondary N) is 1. The third-order valence-corrected chi connectivity index (χ3v) is 3.42. The minimum absolute atomic E-state index is 0.0348. The maximum atomic E-state index is 11.8. The molecule has 2 rings (SSSR count). The summed E-state index contributed by atoms with van der Waals surface area (Å²) in [6.45, 7) is 4.88. The summed E-state index contributed by atoms with van der Waals surface area (Å²) in [5, 5.41) is 0. The summed E-state index contributed by atoms with van der Waals surface area (Å²) in [6, 6.07) is 1.22. The van der Waals surface area contributed by atoms with Crippen LogP contribution < -0.4 is 17.0 Å². The molecule has 0 amide bonds. The Morgan fingerprint density at radius 3 is 2.61 bits per heavy atom. The number of anilines is 1. The minimum atomic E-state index is -0.445. The molecule has 0 saturated carbocycles. The number of piperidine rings is 1. The Kier molecular flexibility index (Phi) is 3.86. The van der Waals surface area contributed by atoms with Gasteiger partial charge in [-0.3, -0.25) is 14.3 Å². The fourth-order valence-electron chi connectivity index (χ4n) is 2.57. The van der Waals surface area contributed by atoms with Gasteiger partial charge in [0, 0.05) is 18.7 Å². The van der Waals surface area contributed by atoms with Gasteiger partial charge in [-0.25, -0.2) is 4.79 Å². The van der Waals surface area contributed by atoms with Crippen LogP contribution in [0, 0.1) is 0 Å². The van der Waals surface area contributed by atoms with E-state index in [0.717, 1.165) is 19.6 Å². The molecule has 100 valence electrons. The molecule has 6 heteroatoms. The van der Waals surface area contributed by atoms with Crippen LogP contribution in [0.3, 0.4) is 0 Å². The number of likely N-dealkylation sites (tertiary alicyclic amines) is 1. The lowest BCUT2D eigenvalue weighted by Gasteiger charge is -2.30. The summed E-state index contributed by atoms with van der Waals surface area (Å²) in [6.07, 6.45) is 3.71. The van der Waals surface area contributed by atoms with Gasteiger partial charge in [-0.05, 0) is 32.9 Å². The van der Waals surface area contributed by atoms with Crippen LogP contribution in [0.25, 0.3) is 0 Å². The Morgan fingerprint density at radius 1 is 1.33 bits per heavy atom. The highest BCUT2D eigenvalue weighted by Gasteiger charge is 2.16. The van der Waals surface area contributed by atoms with Gasteiger partial charge in [0.2, 0.25) is 0 Å². The first-order valence-electron chi connectivity index (χ1n) is 6.41. The molecule has 1 aliphatic rings. The van der Waals surface area contributed by atoms with Crippen LogP contribution in [0.2, 0.25) is 0 Å². The van der Waals surface area contributed by atoms with Crippen molar-refractivity contribution in [3.05, 3.63) is 26.9 Å². The molecule has 1 aliphatic heterocycles. The van der Waals surface area contributed by atoms with Crippen LogP contribution in [0.15, 0.2) is 15.7 Å². The number of rotatable bonds is 3. The maximum Gasteiger partial charge on any atom is 0.330 e. The first kappa shape index (κ1) is 12.9. The van der Waals surface area contributed by atoms with Crippen molar-refractivity contribution >= 4 is 5.82 Å². The minimum Gasteiger partial charge on any atom is -0.385 e. The van der Waals surface area contributed by atoms with Crippen molar-refractivity contribution in [2.75, 3.05) is 25.4 Å². The predicted molar refractivity (Wildman–Crippen MR) is 70.7 cm³/mol. The molecule has 1 aromatic heterocycles. The van der Waals surface area contributed by atoms with Gasteiger partial charge in [0.25, 0.3) is 5.56 Å². The van der Waals surface area contributed by atoms with Gasteiger partial charge in [0.05, 0.1) is 0 Å². The van der Waals surface area contributed by atoms with E-state index in [0.29, 0.717) is 0 Å². The van der Waals surface area contributed by atoms with Gasteiger partial charge in [-0.2, -0.15) is 0 Å². The molecular formula is C12H20N4O2. The molecule has 0 spiro atoms. The number of H-pyrrole nitrogens is 1. The predicted octanol–water partition coefficient (Wildman–Crippen LogP) is 0.166. The zero-order valence-corrected chi connectivity index (χ0v) is 10.7. The third-order valence-electron chi connectivity index (χ3n) is 3.42. The summed E-state index contributed by atoms with van der Waals surface area (Å²) >= 11 is 0. The Morgan fingerprint density at radius 2 is 2.00 bits per heavy atom. The van der Waals surface area contributed by atoms with Crippen LogP contribution >= 0.6 is 0 Å². The average Bonchev–Trinajstić information content (AvgIpc) is 2.28. The molecule has 2 heterocycles. The van der Waals surface area contributed by atoms with E-state index in [2.05, 4.69) is 9.88 Å². The van der Waals surface area contributed by atoms with E-state index < -0.39 is 11.2 Å². The fraction of sp³-hybridized carbons (Fsp3) is 0.667. The number of hydrogen-bond donors (Lipinski definition) is 2. The van der Waals surface area contributed by atoms with Crippen LogP contribution in [0.4, 0.5) is 5.82 Å². The van der Waals surface area contributed by atoms with E-state index in [1.165, 1.54) is 29.9 Å². The Balaban J connectivity index is 2.15. The van der Waals surface area contributed by atoms with Crippen LogP contribution in [0.5, 0.6) is 0 Å². The van der Waals surface area contributed by atoms with Gasteiger partial charge >= 0.3 is 5.69 Å². The van der Waals surface area contributed by atoms with Crippen molar-refractivity contribution in [2.24, 2.45) is 0 Å². The number of aromatic nitrogens is 2. The SMILES string of the molecule is CC(CN1CCCCC1)n1c(N)cc(=O)[nH]c1=O. The van der Waals surface area contributed by atoms with Crippen molar-refractivity contribution < 1.29 is 0 Å². The third kappa shape index (κ3) is 2.81. The molecule has 0 bridgehead atoms. The number of aromatic amines is 1. The van der Waals surface area contributed by atoms with E-state index in [-0.39, 0.29) is 11.9 Å². The average molecular weight is 252 g/mol. The van der Waals surface area contributed by atoms with E-state index in [4.69, 9.17) is 5.73 Å². The Hall–Kier alpha value is -1.56. The number of hydrogen-bond acceptors (Lipinski definition) is 4. The van der Waals surface area contributed by atoms with Crippen molar-refractivity contribution in [1.82, 2.24) is 14.5 Å². The zero-order valence-electron chi connectivity index (χ0n) is 10.7. The summed E-state index contributed by atoms with van der Waals surface area (Å²) in [5.74, 6) is 0.230. The molecule has 6 nitrogen and oxygen atoms in total. The highest BCUT2D eigenvalue weighted by atomic mass is 16.2. The van der Waals surface area contributed by atoms with Crippen molar-refractivity contribution in [1.29, 1.82) is 0 Å². The van der Waals surface area contributed by atoms with E-state index >= 15 is 0 Å². The Bertz CT molecular complexity index is 514. The van der Waals surface area contributed by atoms with Crippen LogP contribution in [-0.4, -0.2) is 34.1 Å². The van der Waals surface area contributed by atoms with Gasteiger partial charge in [0.15, 0.2) is 0 Å². The summed E-state index contributed by atoms with van der Waals surface area (Å²) in [4.78, 5) is 27.5. The quantitative estimate of drug-likeness (QED) is 0.803. The summed E-state index contributed by atoms with van der Waals surface area (Å²) in [5.41, 5.74) is 4.88. The highest BCUT2D eigenvalue weighted by molar-refractivity contribution is 5.26. The van der Waals surface area contributed by atoms with E-state index in [1.807, 2.05) is 6.92 Å². The van der Waals surface area contributed by atoms with Crippen molar-refractivity contribution in [2.45, 2.75) is 32.2 Å². The van der Waals surface area contributed by atoms with Crippen molar-refractivity contribution in [3.8, 4) is 0 Å². The van der Waals surface area contributed by atoms with E-state index in [1.54, 1.807) is 0 Å². The van der Waals surface area contributed by atoms with Gasteiger partial charge in [-0.1, -0.05) is 6.42 Å². The van der Waals surface area contributed by atoms with Gasteiger partial charge in [0.1, 0.15) is 5.82 Å². The molecule has 0 aromatic carbocycles. The summed E-state index contributed by atoms with van der Waals surface area (Å²) < 4.78 is 1.45. The fourth-order valence-corrected chi connectivity index (χ4v) is 2.57. The maximum absolute atomic E-state index is 11.8. The van der Waals surface area contributed by atoms with Gasteiger partial charge in [-0.15, -0.1) is 0 Å². The standard InChI is InChI=1S/C12H20N4O2/c1-9(8-15-5-3-2-4-6-15)16-10(13)7-11(17)14-12(16)18/h7,9H,2-6,8,13H2,1H3,(H,14,17,18). The lowest BCUT2D eigenvalue weighted by Crippen LogP contribution is -2.39. The van der Waals surface area contributed by atoms with Gasteiger partial charge < -0.3 is 10.6 Å². The molecule has 0 radical (unpaired) electrons.